The molecule has 0 aliphatic heterocycles. The van der Waals surface area contributed by atoms with Crippen LogP contribution >= 0.6 is 0 Å². The van der Waals surface area contributed by atoms with Crippen molar-refractivity contribution in [1.29, 1.82) is 0 Å². The Hall–Kier alpha value is -3.55. The fraction of sp³-hybridized carbons (Fsp3) is 0.516. The van der Waals surface area contributed by atoms with Gasteiger partial charge in [-0.05, 0) is 77.0 Å². The number of benzene rings is 2. The Bertz CT molecular complexity index is 1150. The van der Waals surface area contributed by atoms with Crippen LogP contribution in [0.2, 0.25) is 0 Å². The molecule has 214 valence electrons. The fourth-order valence-electron chi connectivity index (χ4n) is 4.51. The van der Waals surface area contributed by atoms with E-state index in [1.807, 2.05) is 52.8 Å². The van der Waals surface area contributed by atoms with Gasteiger partial charge in [-0.1, -0.05) is 57.2 Å². The predicted molar refractivity (Wildman–Crippen MR) is 155 cm³/mol. The van der Waals surface area contributed by atoms with E-state index in [9.17, 15) is 19.5 Å². The third-order valence-electron chi connectivity index (χ3n) is 6.30. The number of alkyl carbamates (subject to hydrolysis) is 1. The predicted octanol–water partition coefficient (Wildman–Crippen LogP) is 6.18. The zero-order valence-corrected chi connectivity index (χ0v) is 24.8. The van der Waals surface area contributed by atoms with Crippen LogP contribution in [0.4, 0.5) is 10.5 Å². The molecule has 3 amide bonds. The molecule has 0 heterocycles. The molecule has 3 N–H and O–H groups in total. The van der Waals surface area contributed by atoms with E-state index >= 15 is 0 Å². The molecule has 8 nitrogen and oxygen atoms in total. The number of amides is 3. The summed E-state index contributed by atoms with van der Waals surface area (Å²) in [6, 6.07) is 8.82. The maximum atomic E-state index is 14.2. The van der Waals surface area contributed by atoms with E-state index < -0.39 is 35.6 Å². The van der Waals surface area contributed by atoms with Crippen molar-refractivity contribution >= 4 is 23.6 Å². The normalized spacial score (nSPS) is 13.0. The van der Waals surface area contributed by atoms with Crippen LogP contribution in [-0.2, 0) is 14.3 Å². The Balaban J connectivity index is 2.60. The third kappa shape index (κ3) is 8.73. The van der Waals surface area contributed by atoms with E-state index in [0.29, 0.717) is 29.7 Å². The number of aryl methyl sites for hydroxylation is 3. The Morgan fingerprint density at radius 2 is 1.54 bits per heavy atom. The van der Waals surface area contributed by atoms with E-state index in [2.05, 4.69) is 10.6 Å². The molecule has 0 fully saturated rings. The highest BCUT2D eigenvalue weighted by Crippen LogP contribution is 2.34. The second kappa shape index (κ2) is 13.5. The zero-order valence-electron chi connectivity index (χ0n) is 24.8. The van der Waals surface area contributed by atoms with Crippen molar-refractivity contribution in [3.8, 4) is 5.75 Å². The quantitative estimate of drug-likeness (QED) is 0.334. The summed E-state index contributed by atoms with van der Waals surface area (Å²) < 4.78 is 5.43. The van der Waals surface area contributed by atoms with Gasteiger partial charge in [-0.3, -0.25) is 9.59 Å². The highest BCUT2D eigenvalue weighted by atomic mass is 16.6. The average Bonchev–Trinajstić information content (AvgIpc) is 2.81. The second-order valence-electron chi connectivity index (χ2n) is 11.5. The molecule has 2 aromatic carbocycles. The van der Waals surface area contributed by atoms with Crippen LogP contribution in [0.5, 0.6) is 5.75 Å². The molecule has 0 saturated carbocycles. The number of rotatable bonds is 10. The lowest BCUT2D eigenvalue weighted by Crippen LogP contribution is -2.53. The van der Waals surface area contributed by atoms with Crippen molar-refractivity contribution in [1.82, 2.24) is 10.2 Å². The molecule has 0 aromatic heterocycles. The van der Waals surface area contributed by atoms with Gasteiger partial charge >= 0.3 is 6.09 Å². The van der Waals surface area contributed by atoms with Gasteiger partial charge in [0.15, 0.2) is 0 Å². The second-order valence-corrected chi connectivity index (χ2v) is 11.5. The van der Waals surface area contributed by atoms with Crippen molar-refractivity contribution in [3.63, 3.8) is 0 Å². The summed E-state index contributed by atoms with van der Waals surface area (Å²) in [4.78, 5) is 42.4. The number of nitrogens with zero attached hydrogens (tertiary/aromatic N) is 1. The molecule has 0 aliphatic rings. The van der Waals surface area contributed by atoms with Gasteiger partial charge in [0.2, 0.25) is 5.91 Å². The van der Waals surface area contributed by atoms with E-state index in [1.54, 1.807) is 45.9 Å². The maximum Gasteiger partial charge on any atom is 0.408 e. The van der Waals surface area contributed by atoms with E-state index in [-0.39, 0.29) is 18.2 Å². The minimum atomic E-state index is -1.13. The summed E-state index contributed by atoms with van der Waals surface area (Å²) in [5.74, 6) is -0.838. The first-order valence-electron chi connectivity index (χ1n) is 13.6. The van der Waals surface area contributed by atoms with Crippen LogP contribution in [0.15, 0.2) is 36.4 Å². The third-order valence-corrected chi connectivity index (χ3v) is 6.30. The number of phenols is 1. The van der Waals surface area contributed by atoms with Gasteiger partial charge in [0.25, 0.3) is 5.91 Å². The monoisotopic (exact) mass is 539 g/mol. The summed E-state index contributed by atoms with van der Waals surface area (Å²) in [5.41, 5.74) is 2.60. The molecule has 8 heteroatoms. The first-order chi connectivity index (χ1) is 18.2. The highest BCUT2D eigenvalue weighted by Gasteiger charge is 2.37. The molecular formula is C31H45N3O5. The van der Waals surface area contributed by atoms with Crippen LogP contribution in [0.25, 0.3) is 0 Å². The number of ether oxygens (including phenoxy) is 1. The van der Waals surface area contributed by atoms with Gasteiger partial charge in [0.05, 0.1) is 0 Å². The highest BCUT2D eigenvalue weighted by molar-refractivity contribution is 6.00. The van der Waals surface area contributed by atoms with Crippen LogP contribution in [0, 0.1) is 26.7 Å². The van der Waals surface area contributed by atoms with Crippen molar-refractivity contribution in [2.24, 2.45) is 5.92 Å². The number of anilines is 1. The molecule has 0 spiro atoms. The van der Waals surface area contributed by atoms with Crippen LogP contribution in [0.3, 0.4) is 0 Å². The maximum absolute atomic E-state index is 14.2. The van der Waals surface area contributed by atoms with Crippen molar-refractivity contribution in [2.45, 2.75) is 92.8 Å². The van der Waals surface area contributed by atoms with Gasteiger partial charge in [0.1, 0.15) is 23.4 Å². The number of para-hydroxylation sites is 2. The molecule has 2 atom stereocenters. The van der Waals surface area contributed by atoms with E-state index in [1.165, 1.54) is 4.90 Å². The van der Waals surface area contributed by atoms with Crippen LogP contribution in [0.1, 0.15) is 82.7 Å². The molecule has 2 aromatic rings. The summed E-state index contributed by atoms with van der Waals surface area (Å²) in [7, 11) is 0. The van der Waals surface area contributed by atoms with E-state index in [4.69, 9.17) is 4.74 Å². The Kier molecular flexibility index (Phi) is 11.0. The molecule has 0 radical (unpaired) electrons. The minimum absolute atomic E-state index is 0.0476. The van der Waals surface area contributed by atoms with Crippen LogP contribution < -0.4 is 10.6 Å². The smallest absolute Gasteiger partial charge is 0.408 e. The first-order valence-corrected chi connectivity index (χ1v) is 13.6. The topological polar surface area (TPSA) is 108 Å². The van der Waals surface area contributed by atoms with Gasteiger partial charge in [-0.2, -0.15) is 0 Å². The van der Waals surface area contributed by atoms with E-state index in [0.717, 1.165) is 11.1 Å². The standard InChI is InChI=1S/C31H45N3O5/c1-10-17-34(29(37)24(18-19(2)3)32-30(38)39-31(7,8)9)26(23-16-12-15-22(6)27(23)35)28(36)33-25-20(4)13-11-14-21(25)5/h11-16,19,24,26,35H,10,17-18H2,1-9H3,(H,32,38)(H,33,36). The van der Waals surface area contributed by atoms with Gasteiger partial charge in [-0.15, -0.1) is 0 Å². The number of nitrogens with one attached hydrogen (secondary N) is 2. The van der Waals surface area contributed by atoms with Crippen LogP contribution in [-0.4, -0.2) is 46.1 Å². The van der Waals surface area contributed by atoms with Gasteiger partial charge in [0, 0.05) is 17.8 Å². The number of hydrogen-bond donors (Lipinski definition) is 3. The average molecular weight is 540 g/mol. The number of aromatic hydroxyl groups is 1. The SMILES string of the molecule is CCCN(C(=O)C(CC(C)C)NC(=O)OC(C)(C)C)C(C(=O)Nc1c(C)cccc1C)c1cccc(C)c1O. The Morgan fingerprint density at radius 3 is 2.08 bits per heavy atom. The molecule has 0 bridgehead atoms. The lowest BCUT2D eigenvalue weighted by Gasteiger charge is -2.35. The number of carbonyl (C=O) groups excluding carboxylic acids is 3. The Labute approximate surface area is 233 Å². The zero-order chi connectivity index (χ0) is 29.5. The van der Waals surface area contributed by atoms with Gasteiger partial charge in [-0.25, -0.2) is 4.79 Å². The lowest BCUT2D eigenvalue weighted by molar-refractivity contribution is -0.141. The molecule has 2 unspecified atom stereocenters. The summed E-state index contributed by atoms with van der Waals surface area (Å²) in [6.07, 6.45) is 0.211. The summed E-state index contributed by atoms with van der Waals surface area (Å²) in [6.45, 7) is 16.9. The van der Waals surface area contributed by atoms with Crippen molar-refractivity contribution in [3.05, 3.63) is 58.7 Å². The Morgan fingerprint density at radius 1 is 0.974 bits per heavy atom. The fourth-order valence-corrected chi connectivity index (χ4v) is 4.51. The summed E-state index contributed by atoms with van der Waals surface area (Å²) >= 11 is 0. The molecule has 0 saturated heterocycles. The molecular weight excluding hydrogens is 494 g/mol. The number of phenolic OH excluding ortho intramolecular Hbond substituents is 1. The number of hydrogen-bond acceptors (Lipinski definition) is 5. The molecule has 2 rings (SSSR count). The van der Waals surface area contributed by atoms with Gasteiger partial charge < -0.3 is 25.4 Å². The summed E-state index contributed by atoms with van der Waals surface area (Å²) in [5, 5.41) is 16.8. The molecule has 0 aliphatic carbocycles. The lowest BCUT2D eigenvalue weighted by atomic mass is 9.97. The minimum Gasteiger partial charge on any atom is -0.507 e. The number of carbonyl (C=O) groups is 3. The van der Waals surface area contributed by atoms with Crippen molar-refractivity contribution < 1.29 is 24.2 Å². The van der Waals surface area contributed by atoms with Crippen molar-refractivity contribution in [2.75, 3.05) is 11.9 Å². The first kappa shape index (κ1) is 31.7. The molecule has 39 heavy (non-hydrogen) atoms. The largest absolute Gasteiger partial charge is 0.507 e.